The molecule has 0 bridgehead atoms. The average molecular weight is 934 g/mol. The fourth-order valence-corrected chi connectivity index (χ4v) is 8.08. The molecule has 378 valence electrons. The molecule has 0 heterocycles. The zero-order chi connectivity index (χ0) is 48.0. The highest BCUT2D eigenvalue weighted by molar-refractivity contribution is 7.47. The molecule has 0 saturated heterocycles. The molecule has 0 spiro atoms. The van der Waals surface area contributed by atoms with Crippen LogP contribution >= 0.6 is 7.82 Å². The Balaban J connectivity index is 5.49. The summed E-state index contributed by atoms with van der Waals surface area (Å²) < 4.78 is 30.5. The zero-order valence-corrected chi connectivity index (χ0v) is 43.9. The van der Waals surface area contributed by atoms with Gasteiger partial charge in [0.25, 0.3) is 0 Å². The predicted octanol–water partition coefficient (Wildman–Crippen LogP) is 15.5. The van der Waals surface area contributed by atoms with Gasteiger partial charge in [0.2, 0.25) is 5.91 Å². The maximum absolute atomic E-state index is 13.4. The Morgan fingerprint density at radius 2 is 1.00 bits per heavy atom. The SMILES string of the molecule is CC/C=C/C=C/C=C\CCCCCCCC(=O)NC(COP(=O)(O)OCC[N+](C)(C)C)C(/C=C/CCCCCCCCCCCCC)OC(=O)CCCCC/C=C\CCCCCCCC. The van der Waals surface area contributed by atoms with E-state index in [0.717, 1.165) is 89.9 Å². The van der Waals surface area contributed by atoms with Crippen LogP contribution in [0.3, 0.4) is 0 Å². The standard InChI is InChI=1S/C55H101N2O7P/c1-7-10-13-16-19-22-25-28-31-34-37-40-43-46-53(64-55(59)48-45-42-39-36-33-30-27-24-21-18-15-12-9-3)52(51-63-65(60,61)62-50-49-57(4,5)6)56-54(58)47-44-41-38-35-32-29-26-23-20-17-14-11-8-2/h11,14,17,20,23,26,30,33,43,46,52-53H,7-10,12-13,15-16,18-19,21-22,24-25,27-29,31-32,34-42,44-45,47-51H2,1-6H3,(H-,56,58,60,61)/p+1/b14-11+,20-17+,26-23-,33-30-,46-43+. The zero-order valence-electron chi connectivity index (χ0n) is 43.0. The average Bonchev–Trinajstić information content (AvgIpc) is 3.26. The van der Waals surface area contributed by atoms with Crippen LogP contribution in [0.4, 0.5) is 0 Å². The molecule has 0 aliphatic rings. The van der Waals surface area contributed by atoms with E-state index in [-0.39, 0.29) is 31.5 Å². The Morgan fingerprint density at radius 3 is 1.52 bits per heavy atom. The molecule has 9 nitrogen and oxygen atoms in total. The van der Waals surface area contributed by atoms with Crippen LogP contribution in [0.5, 0.6) is 0 Å². The topological polar surface area (TPSA) is 111 Å². The lowest BCUT2D eigenvalue weighted by Gasteiger charge is -2.27. The Kier molecular flexibility index (Phi) is 43.9. The minimum Gasteiger partial charge on any atom is -0.456 e. The minimum absolute atomic E-state index is 0.0322. The van der Waals surface area contributed by atoms with Crippen molar-refractivity contribution in [2.45, 2.75) is 238 Å². The lowest BCUT2D eigenvalue weighted by Crippen LogP contribution is -2.47. The van der Waals surface area contributed by atoms with Gasteiger partial charge in [-0.15, -0.1) is 0 Å². The number of carbonyl (C=O) groups is 2. The number of ether oxygens (including phenoxy) is 1. The number of phosphoric ester groups is 1. The van der Waals surface area contributed by atoms with Gasteiger partial charge in [0, 0.05) is 12.8 Å². The highest BCUT2D eigenvalue weighted by Crippen LogP contribution is 2.43. The van der Waals surface area contributed by atoms with Crippen molar-refractivity contribution >= 4 is 19.7 Å². The monoisotopic (exact) mass is 934 g/mol. The van der Waals surface area contributed by atoms with Crippen molar-refractivity contribution in [2.75, 3.05) is 40.9 Å². The lowest BCUT2D eigenvalue weighted by molar-refractivity contribution is -0.870. The van der Waals surface area contributed by atoms with Gasteiger partial charge < -0.3 is 19.4 Å². The van der Waals surface area contributed by atoms with Crippen molar-refractivity contribution in [2.24, 2.45) is 0 Å². The van der Waals surface area contributed by atoms with Crippen LogP contribution in [0.25, 0.3) is 0 Å². The van der Waals surface area contributed by atoms with Crippen molar-refractivity contribution in [3.63, 3.8) is 0 Å². The number of amides is 1. The summed E-state index contributed by atoms with van der Waals surface area (Å²) in [4.78, 5) is 37.4. The number of esters is 1. The molecule has 0 aliphatic heterocycles. The Bertz CT molecular complexity index is 1300. The molecule has 3 unspecified atom stereocenters. The Hall–Kier alpha value is -2.29. The third-order valence-electron chi connectivity index (χ3n) is 11.5. The summed E-state index contributed by atoms with van der Waals surface area (Å²) in [7, 11) is 1.47. The number of likely N-dealkylation sites (N-methyl/N-ethyl adjacent to an activating group) is 1. The normalized spacial score (nSPS) is 14.4. The quantitative estimate of drug-likeness (QED) is 0.0156. The largest absolute Gasteiger partial charge is 0.472 e. The fourth-order valence-electron chi connectivity index (χ4n) is 7.34. The minimum atomic E-state index is -4.45. The van der Waals surface area contributed by atoms with E-state index in [9.17, 15) is 19.0 Å². The van der Waals surface area contributed by atoms with Gasteiger partial charge >= 0.3 is 13.8 Å². The summed E-state index contributed by atoms with van der Waals surface area (Å²) >= 11 is 0. The number of phosphoric acid groups is 1. The van der Waals surface area contributed by atoms with E-state index in [1.807, 2.05) is 39.4 Å². The molecule has 0 aromatic carbocycles. The van der Waals surface area contributed by atoms with Crippen LogP contribution in [-0.4, -0.2) is 74.3 Å². The van der Waals surface area contributed by atoms with Crippen molar-refractivity contribution in [3.05, 3.63) is 60.8 Å². The molecule has 10 heteroatoms. The molecule has 0 radical (unpaired) electrons. The van der Waals surface area contributed by atoms with Gasteiger partial charge in [-0.05, 0) is 76.7 Å². The summed E-state index contributed by atoms with van der Waals surface area (Å²) in [5.41, 5.74) is 0. The summed E-state index contributed by atoms with van der Waals surface area (Å²) in [6, 6.07) is -0.863. The first kappa shape index (κ1) is 62.7. The first-order valence-electron chi connectivity index (χ1n) is 26.6. The van der Waals surface area contributed by atoms with Gasteiger partial charge in [0.1, 0.15) is 19.3 Å². The van der Waals surface area contributed by atoms with Gasteiger partial charge in [-0.2, -0.15) is 0 Å². The van der Waals surface area contributed by atoms with Gasteiger partial charge in [0.05, 0.1) is 33.8 Å². The number of nitrogens with one attached hydrogen (secondary N) is 1. The predicted molar refractivity (Wildman–Crippen MR) is 277 cm³/mol. The number of unbranched alkanes of at least 4 members (excludes halogenated alkanes) is 25. The molecule has 0 rings (SSSR count). The van der Waals surface area contributed by atoms with Crippen LogP contribution in [0.15, 0.2) is 60.8 Å². The van der Waals surface area contributed by atoms with E-state index >= 15 is 0 Å². The molecular formula is C55H102N2O7P+. The van der Waals surface area contributed by atoms with E-state index in [1.54, 1.807) is 0 Å². The van der Waals surface area contributed by atoms with Crippen LogP contribution in [0.2, 0.25) is 0 Å². The Morgan fingerprint density at radius 1 is 0.554 bits per heavy atom. The molecule has 0 aliphatic carbocycles. The van der Waals surface area contributed by atoms with Gasteiger partial charge in [-0.3, -0.25) is 18.6 Å². The molecule has 2 N–H and O–H groups in total. The molecular weight excluding hydrogens is 832 g/mol. The van der Waals surface area contributed by atoms with E-state index in [2.05, 4.69) is 68.6 Å². The third-order valence-corrected chi connectivity index (χ3v) is 12.5. The van der Waals surface area contributed by atoms with E-state index < -0.39 is 20.0 Å². The number of allylic oxidation sites excluding steroid dienone is 9. The highest BCUT2D eigenvalue weighted by atomic mass is 31.2. The van der Waals surface area contributed by atoms with Gasteiger partial charge in [-0.1, -0.05) is 197 Å². The molecule has 0 fully saturated rings. The van der Waals surface area contributed by atoms with Crippen LogP contribution in [-0.2, 0) is 27.9 Å². The highest BCUT2D eigenvalue weighted by Gasteiger charge is 2.30. The molecule has 0 saturated carbocycles. The molecule has 1 amide bonds. The Labute approximate surface area is 401 Å². The smallest absolute Gasteiger partial charge is 0.456 e. The lowest BCUT2D eigenvalue weighted by atomic mass is 10.0. The molecule has 3 atom stereocenters. The molecule has 0 aromatic rings. The van der Waals surface area contributed by atoms with Crippen molar-refractivity contribution in [1.29, 1.82) is 0 Å². The summed E-state index contributed by atoms with van der Waals surface area (Å²) in [5.74, 6) is -0.550. The van der Waals surface area contributed by atoms with E-state index in [0.29, 0.717) is 23.9 Å². The maximum Gasteiger partial charge on any atom is 0.472 e. The number of carbonyl (C=O) groups excluding carboxylic acids is 2. The van der Waals surface area contributed by atoms with Crippen LogP contribution < -0.4 is 5.32 Å². The van der Waals surface area contributed by atoms with Crippen LogP contribution in [0, 0.1) is 0 Å². The third kappa shape index (κ3) is 46.6. The number of nitrogens with zero attached hydrogens (tertiary/aromatic N) is 1. The maximum atomic E-state index is 13.4. The first-order valence-corrected chi connectivity index (χ1v) is 28.1. The van der Waals surface area contributed by atoms with Gasteiger partial charge in [-0.25, -0.2) is 4.57 Å². The first-order chi connectivity index (χ1) is 31.4. The summed E-state index contributed by atoms with van der Waals surface area (Å²) in [6.45, 7) is 6.83. The van der Waals surface area contributed by atoms with Crippen molar-refractivity contribution in [1.82, 2.24) is 5.32 Å². The van der Waals surface area contributed by atoms with Crippen molar-refractivity contribution in [3.8, 4) is 0 Å². The summed E-state index contributed by atoms with van der Waals surface area (Å²) in [6.07, 6.45) is 55.0. The molecule has 0 aromatic heterocycles. The second kappa shape index (κ2) is 45.5. The van der Waals surface area contributed by atoms with Gasteiger partial charge in [0.15, 0.2) is 0 Å². The number of quaternary nitrogens is 1. The second-order valence-electron chi connectivity index (χ2n) is 19.1. The fraction of sp³-hybridized carbons (Fsp3) is 0.782. The number of hydrogen-bond donors (Lipinski definition) is 2. The van der Waals surface area contributed by atoms with Crippen LogP contribution in [0.1, 0.15) is 226 Å². The second-order valence-corrected chi connectivity index (χ2v) is 20.5. The van der Waals surface area contributed by atoms with E-state index in [4.69, 9.17) is 13.8 Å². The molecule has 65 heavy (non-hydrogen) atoms. The van der Waals surface area contributed by atoms with Crippen molar-refractivity contribution < 1.29 is 37.3 Å². The summed E-state index contributed by atoms with van der Waals surface area (Å²) in [5, 5.41) is 3.02. The van der Waals surface area contributed by atoms with E-state index in [1.165, 1.54) is 96.3 Å². The number of hydrogen-bond acceptors (Lipinski definition) is 6. The number of rotatable bonds is 47.